The number of hydrogen-bond acceptors (Lipinski definition) is 7. The summed E-state index contributed by atoms with van der Waals surface area (Å²) in [4.78, 5) is 22.8. The molecule has 0 fully saturated rings. The van der Waals surface area contributed by atoms with Crippen LogP contribution >= 0.6 is 0 Å². The molecule has 42 heavy (non-hydrogen) atoms. The van der Waals surface area contributed by atoms with E-state index in [2.05, 4.69) is 13.8 Å². The van der Waals surface area contributed by atoms with E-state index in [4.69, 9.17) is 18.9 Å². The normalized spacial score (nSPS) is 11.3. The van der Waals surface area contributed by atoms with E-state index < -0.39 is 16.5 Å². The molecular formula is C34H35NO7. The topological polar surface area (TPSA) is 97.1 Å². The highest BCUT2D eigenvalue weighted by molar-refractivity contribution is 5.72. The summed E-state index contributed by atoms with van der Waals surface area (Å²) in [5.41, 5.74) is 2.84. The second-order valence-corrected chi connectivity index (χ2v) is 10.3. The number of ether oxygens (including phenoxy) is 4. The lowest BCUT2D eigenvalue weighted by molar-refractivity contribution is -0.384. The highest BCUT2D eigenvalue weighted by atomic mass is 16.6. The number of benzene rings is 4. The van der Waals surface area contributed by atoms with Gasteiger partial charge in [0.2, 0.25) is 0 Å². The van der Waals surface area contributed by atoms with Gasteiger partial charge < -0.3 is 18.9 Å². The van der Waals surface area contributed by atoms with E-state index in [1.807, 2.05) is 72.8 Å². The number of nitrogens with zero attached hydrogens (tertiary/aromatic N) is 1. The third-order valence-electron chi connectivity index (χ3n) is 6.88. The van der Waals surface area contributed by atoms with E-state index in [0.717, 1.165) is 33.8 Å². The van der Waals surface area contributed by atoms with Gasteiger partial charge in [0.25, 0.3) is 5.69 Å². The van der Waals surface area contributed by atoms with Gasteiger partial charge in [-0.1, -0.05) is 62.4 Å². The smallest absolute Gasteiger partial charge is 0.311 e. The molecule has 0 aliphatic heterocycles. The molecule has 0 spiro atoms. The van der Waals surface area contributed by atoms with Crippen molar-refractivity contribution < 1.29 is 28.7 Å². The molecule has 0 atom stereocenters. The maximum absolute atomic E-state index is 12.5. The molecule has 0 aromatic heterocycles. The number of hydrogen-bond donors (Lipinski definition) is 0. The minimum Gasteiger partial charge on any atom is -0.497 e. The van der Waals surface area contributed by atoms with E-state index in [-0.39, 0.29) is 17.9 Å². The summed E-state index contributed by atoms with van der Waals surface area (Å²) < 4.78 is 23.0. The van der Waals surface area contributed by atoms with Gasteiger partial charge >= 0.3 is 5.97 Å². The van der Waals surface area contributed by atoms with E-state index >= 15 is 0 Å². The Hall–Kier alpha value is -4.69. The average Bonchev–Trinajstić information content (AvgIpc) is 3.01. The van der Waals surface area contributed by atoms with Crippen LogP contribution in [0, 0.1) is 16.0 Å². The summed E-state index contributed by atoms with van der Waals surface area (Å²) >= 11 is 0. The van der Waals surface area contributed by atoms with Crippen LogP contribution in [-0.2, 0) is 21.6 Å². The Kier molecular flexibility index (Phi) is 9.93. The first-order valence-electron chi connectivity index (χ1n) is 13.7. The predicted octanol–water partition coefficient (Wildman–Crippen LogP) is 7.11. The zero-order valence-corrected chi connectivity index (χ0v) is 24.2. The Balaban J connectivity index is 1.61. The second kappa shape index (κ2) is 13.8. The van der Waals surface area contributed by atoms with Crippen LogP contribution in [0.1, 0.15) is 42.5 Å². The van der Waals surface area contributed by atoms with Crippen molar-refractivity contribution >= 4 is 11.7 Å². The van der Waals surface area contributed by atoms with Crippen molar-refractivity contribution in [2.75, 3.05) is 20.8 Å². The van der Waals surface area contributed by atoms with Crippen LogP contribution in [0.15, 0.2) is 97.1 Å². The quantitative estimate of drug-likeness (QED) is 0.0556. The summed E-state index contributed by atoms with van der Waals surface area (Å²) in [6, 6.07) is 29.3. The number of non-ortho nitro benzene ring substituents is 1. The van der Waals surface area contributed by atoms with Gasteiger partial charge in [0, 0.05) is 18.6 Å². The second-order valence-electron chi connectivity index (χ2n) is 10.3. The molecule has 4 aromatic carbocycles. The lowest BCUT2D eigenvalue weighted by atomic mass is 9.79. The lowest BCUT2D eigenvalue weighted by Gasteiger charge is -2.37. The van der Waals surface area contributed by atoms with Gasteiger partial charge in [-0.05, 0) is 71.0 Å². The van der Waals surface area contributed by atoms with Crippen LogP contribution in [0.4, 0.5) is 5.69 Å². The average molecular weight is 570 g/mol. The lowest BCUT2D eigenvalue weighted by Crippen LogP contribution is -2.34. The molecule has 0 N–H and O–H groups in total. The molecule has 0 bridgehead atoms. The molecule has 8 nitrogen and oxygen atoms in total. The molecule has 0 amide bonds. The van der Waals surface area contributed by atoms with Gasteiger partial charge in [0.15, 0.2) is 0 Å². The van der Waals surface area contributed by atoms with Crippen molar-refractivity contribution in [1.29, 1.82) is 0 Å². The van der Waals surface area contributed by atoms with E-state index in [1.54, 1.807) is 14.2 Å². The summed E-state index contributed by atoms with van der Waals surface area (Å²) in [7, 11) is 3.28. The zero-order valence-electron chi connectivity index (χ0n) is 24.2. The van der Waals surface area contributed by atoms with Crippen LogP contribution in [-0.4, -0.2) is 31.7 Å². The summed E-state index contributed by atoms with van der Waals surface area (Å²) in [5.74, 6) is 1.65. The molecule has 0 saturated carbocycles. The van der Waals surface area contributed by atoms with E-state index in [0.29, 0.717) is 18.9 Å². The molecule has 4 aromatic rings. The Bertz CT molecular complexity index is 1420. The molecule has 0 aliphatic carbocycles. The van der Waals surface area contributed by atoms with E-state index in [9.17, 15) is 14.9 Å². The Labute approximate surface area is 246 Å². The number of rotatable bonds is 13. The number of aryl methyl sites for hydroxylation is 1. The van der Waals surface area contributed by atoms with Crippen LogP contribution in [0.3, 0.4) is 0 Å². The maximum atomic E-state index is 12.5. The molecule has 0 saturated heterocycles. The Morgan fingerprint density at radius 2 is 1.19 bits per heavy atom. The van der Waals surface area contributed by atoms with Gasteiger partial charge in [-0.3, -0.25) is 14.9 Å². The summed E-state index contributed by atoms with van der Waals surface area (Å²) in [5, 5.41) is 10.8. The van der Waals surface area contributed by atoms with Crippen LogP contribution in [0.25, 0.3) is 0 Å². The van der Waals surface area contributed by atoms with Crippen LogP contribution in [0.5, 0.6) is 17.2 Å². The first-order chi connectivity index (χ1) is 20.2. The number of esters is 1. The van der Waals surface area contributed by atoms with E-state index in [1.165, 1.54) is 24.3 Å². The largest absolute Gasteiger partial charge is 0.497 e. The van der Waals surface area contributed by atoms with Crippen molar-refractivity contribution in [2.45, 2.75) is 32.3 Å². The minimum absolute atomic E-state index is 0.0624. The molecule has 218 valence electrons. The number of carbonyl (C=O) groups excluding carboxylic acids is 1. The monoisotopic (exact) mass is 569 g/mol. The third kappa shape index (κ3) is 7.14. The molecule has 4 rings (SSSR count). The van der Waals surface area contributed by atoms with Crippen molar-refractivity contribution in [3.63, 3.8) is 0 Å². The summed E-state index contributed by atoms with van der Waals surface area (Å²) in [6.45, 7) is 4.76. The highest BCUT2D eigenvalue weighted by Gasteiger charge is 2.38. The van der Waals surface area contributed by atoms with Gasteiger partial charge in [0.1, 0.15) is 22.8 Å². The van der Waals surface area contributed by atoms with Crippen molar-refractivity contribution in [3.8, 4) is 17.2 Å². The molecule has 0 aliphatic rings. The number of nitro benzene ring substituents is 1. The Morgan fingerprint density at radius 1 is 0.738 bits per heavy atom. The third-order valence-corrected chi connectivity index (χ3v) is 6.88. The van der Waals surface area contributed by atoms with Crippen LogP contribution in [0.2, 0.25) is 0 Å². The standard InChI is InChI=1S/C34H35NO7/c1-24(2)23-41-34(27-10-16-30(39-3)17-11-27,28-12-18-31(40-4)19-13-28)26-8-5-25(6-9-26)7-22-33(36)42-32-20-14-29(15-21-32)35(37)38/h5-6,8-21,24H,7,22-23H2,1-4H3. The fourth-order valence-electron chi connectivity index (χ4n) is 4.66. The fourth-order valence-corrected chi connectivity index (χ4v) is 4.66. The number of methoxy groups -OCH3 is 2. The molecule has 0 heterocycles. The first-order valence-corrected chi connectivity index (χ1v) is 13.7. The zero-order chi connectivity index (χ0) is 30.1. The minimum atomic E-state index is -0.907. The molecule has 8 heteroatoms. The van der Waals surface area contributed by atoms with Crippen LogP contribution < -0.4 is 14.2 Å². The van der Waals surface area contributed by atoms with Gasteiger partial charge in [-0.2, -0.15) is 0 Å². The predicted molar refractivity (Wildman–Crippen MR) is 160 cm³/mol. The van der Waals surface area contributed by atoms with Gasteiger partial charge in [-0.25, -0.2) is 0 Å². The Morgan fingerprint density at radius 3 is 1.62 bits per heavy atom. The molecule has 0 unspecified atom stereocenters. The number of nitro groups is 1. The summed E-state index contributed by atoms with van der Waals surface area (Å²) in [6.07, 6.45) is 0.624. The maximum Gasteiger partial charge on any atom is 0.311 e. The van der Waals surface area contributed by atoms with Gasteiger partial charge in [0.05, 0.1) is 25.7 Å². The molecule has 0 radical (unpaired) electrons. The van der Waals surface area contributed by atoms with Crippen molar-refractivity contribution in [2.24, 2.45) is 5.92 Å². The highest BCUT2D eigenvalue weighted by Crippen LogP contribution is 2.42. The SMILES string of the molecule is COc1ccc(C(OCC(C)C)(c2ccc(CCC(=O)Oc3ccc([N+](=O)[O-])cc3)cc2)c2ccc(OC)cc2)cc1. The fraction of sp³-hybridized carbons (Fsp3) is 0.265. The van der Waals surface area contributed by atoms with Gasteiger partial charge in [-0.15, -0.1) is 0 Å². The first kappa shape index (κ1) is 30.3. The molecular weight excluding hydrogens is 534 g/mol. The number of carbonyl (C=O) groups is 1. The van der Waals surface area contributed by atoms with Crippen molar-refractivity contribution in [1.82, 2.24) is 0 Å². The van der Waals surface area contributed by atoms with Crippen molar-refractivity contribution in [3.05, 3.63) is 129 Å².